The van der Waals surface area contributed by atoms with Crippen molar-refractivity contribution < 1.29 is 13.2 Å². The van der Waals surface area contributed by atoms with Gasteiger partial charge in [0.25, 0.3) is 0 Å². The number of benzene rings is 1. The molecule has 1 heterocycles. The van der Waals surface area contributed by atoms with Crippen LogP contribution in [-0.2, 0) is 0 Å². The fourth-order valence-electron chi connectivity index (χ4n) is 1.78. The molecule has 0 radical (unpaired) electrons. The Morgan fingerprint density at radius 3 is 2.61 bits per heavy atom. The number of aromatic nitrogens is 1. The minimum Gasteiger partial charge on any atom is -0.361 e. The molecule has 1 aromatic heterocycles. The maximum absolute atomic E-state index is 12.1. The van der Waals surface area contributed by atoms with Crippen LogP contribution in [0.25, 0.3) is 10.9 Å². The Morgan fingerprint density at radius 2 is 1.94 bits per heavy atom. The predicted molar refractivity (Wildman–Crippen MR) is 67.8 cm³/mol. The first kappa shape index (κ1) is 14.9. The molecular formula is C12H14ClF3N2. The van der Waals surface area contributed by atoms with Gasteiger partial charge < -0.3 is 10.7 Å². The van der Waals surface area contributed by atoms with Gasteiger partial charge in [0.1, 0.15) is 0 Å². The number of aromatic amines is 1. The van der Waals surface area contributed by atoms with Gasteiger partial charge in [-0.05, 0) is 29.5 Å². The molecule has 100 valence electrons. The number of nitrogens with one attached hydrogen (secondary N) is 1. The summed E-state index contributed by atoms with van der Waals surface area (Å²) < 4.78 is 36.2. The summed E-state index contributed by atoms with van der Waals surface area (Å²) in [6.45, 7) is 0. The first-order valence-corrected chi connectivity index (χ1v) is 5.35. The number of hydrogen-bond acceptors (Lipinski definition) is 1. The normalized spacial score (nSPS) is 13.3. The van der Waals surface area contributed by atoms with E-state index in [-0.39, 0.29) is 18.8 Å². The summed E-state index contributed by atoms with van der Waals surface area (Å²) in [5.41, 5.74) is 7.37. The molecule has 0 aliphatic carbocycles. The molecule has 0 spiro atoms. The molecule has 0 saturated heterocycles. The van der Waals surface area contributed by atoms with E-state index in [2.05, 4.69) is 4.98 Å². The van der Waals surface area contributed by atoms with Crippen molar-refractivity contribution in [2.75, 3.05) is 0 Å². The van der Waals surface area contributed by atoms with Crippen LogP contribution in [-0.4, -0.2) is 11.2 Å². The highest BCUT2D eigenvalue weighted by atomic mass is 35.5. The average molecular weight is 279 g/mol. The molecule has 2 rings (SSSR count). The molecule has 0 bridgehead atoms. The van der Waals surface area contributed by atoms with Crippen LogP contribution in [0.15, 0.2) is 30.5 Å². The van der Waals surface area contributed by atoms with E-state index in [0.29, 0.717) is 0 Å². The molecule has 3 N–H and O–H groups in total. The summed E-state index contributed by atoms with van der Waals surface area (Å²) in [6, 6.07) is 6.76. The second-order valence-corrected chi connectivity index (χ2v) is 4.08. The maximum atomic E-state index is 12.1. The third-order valence-electron chi connectivity index (χ3n) is 2.75. The van der Waals surface area contributed by atoms with E-state index in [4.69, 9.17) is 5.73 Å². The second-order valence-electron chi connectivity index (χ2n) is 4.08. The van der Waals surface area contributed by atoms with E-state index in [9.17, 15) is 13.2 Å². The van der Waals surface area contributed by atoms with Gasteiger partial charge in [-0.2, -0.15) is 13.2 Å². The highest BCUT2D eigenvalue weighted by molar-refractivity contribution is 5.85. The van der Waals surface area contributed by atoms with E-state index in [1.165, 1.54) is 0 Å². The number of halogens is 4. The Labute approximate surface area is 109 Å². The maximum Gasteiger partial charge on any atom is 0.389 e. The SMILES string of the molecule is Cl.N[C@H](CCC(F)(F)F)c1ccc2cc[nH]c2c1. The predicted octanol–water partition coefficient (Wildman–Crippen LogP) is 3.93. The van der Waals surface area contributed by atoms with E-state index in [1.54, 1.807) is 18.3 Å². The van der Waals surface area contributed by atoms with Crippen molar-refractivity contribution in [1.82, 2.24) is 4.98 Å². The third kappa shape index (κ3) is 3.65. The van der Waals surface area contributed by atoms with Crippen molar-refractivity contribution in [1.29, 1.82) is 0 Å². The van der Waals surface area contributed by atoms with Gasteiger partial charge in [-0.25, -0.2) is 0 Å². The fourth-order valence-corrected chi connectivity index (χ4v) is 1.78. The number of nitrogens with two attached hydrogens (primary N) is 1. The van der Waals surface area contributed by atoms with E-state index >= 15 is 0 Å². The van der Waals surface area contributed by atoms with Gasteiger partial charge in [-0.1, -0.05) is 12.1 Å². The van der Waals surface area contributed by atoms with Crippen molar-refractivity contribution in [3.05, 3.63) is 36.0 Å². The van der Waals surface area contributed by atoms with Gasteiger partial charge in [0, 0.05) is 24.2 Å². The Hall–Kier alpha value is -1.20. The molecule has 18 heavy (non-hydrogen) atoms. The average Bonchev–Trinajstić information content (AvgIpc) is 2.71. The smallest absolute Gasteiger partial charge is 0.361 e. The van der Waals surface area contributed by atoms with Gasteiger partial charge in [0.2, 0.25) is 0 Å². The third-order valence-corrected chi connectivity index (χ3v) is 2.75. The fraction of sp³-hybridized carbons (Fsp3) is 0.333. The molecule has 0 aliphatic heterocycles. The molecule has 0 saturated carbocycles. The van der Waals surface area contributed by atoms with E-state index in [0.717, 1.165) is 16.5 Å². The van der Waals surface area contributed by atoms with Crippen LogP contribution in [0.1, 0.15) is 24.4 Å². The molecule has 2 nitrogen and oxygen atoms in total. The molecular weight excluding hydrogens is 265 g/mol. The Morgan fingerprint density at radius 1 is 1.22 bits per heavy atom. The molecule has 0 amide bonds. The molecule has 2 aromatic rings. The van der Waals surface area contributed by atoms with Crippen molar-refractivity contribution in [2.45, 2.75) is 25.1 Å². The van der Waals surface area contributed by atoms with Crippen molar-refractivity contribution in [3.8, 4) is 0 Å². The van der Waals surface area contributed by atoms with Crippen LogP contribution in [0.5, 0.6) is 0 Å². The molecule has 1 atom stereocenters. The van der Waals surface area contributed by atoms with Crippen LogP contribution in [0, 0.1) is 0 Å². The largest absolute Gasteiger partial charge is 0.389 e. The van der Waals surface area contributed by atoms with E-state index in [1.807, 2.05) is 12.1 Å². The summed E-state index contributed by atoms with van der Waals surface area (Å²) in [7, 11) is 0. The van der Waals surface area contributed by atoms with E-state index < -0.39 is 18.6 Å². The monoisotopic (exact) mass is 278 g/mol. The van der Waals surface area contributed by atoms with Gasteiger partial charge in [0.05, 0.1) is 0 Å². The molecule has 0 fully saturated rings. The summed E-state index contributed by atoms with van der Waals surface area (Å²) >= 11 is 0. The van der Waals surface area contributed by atoms with Crippen molar-refractivity contribution in [3.63, 3.8) is 0 Å². The number of fused-ring (bicyclic) bond motifs is 1. The minimum atomic E-state index is -4.14. The lowest BCUT2D eigenvalue weighted by atomic mass is 10.0. The van der Waals surface area contributed by atoms with Crippen molar-refractivity contribution in [2.24, 2.45) is 5.73 Å². The lowest BCUT2D eigenvalue weighted by Crippen LogP contribution is -2.15. The molecule has 1 aromatic carbocycles. The number of hydrogen-bond donors (Lipinski definition) is 2. The first-order valence-electron chi connectivity index (χ1n) is 5.35. The zero-order valence-corrected chi connectivity index (χ0v) is 10.3. The lowest BCUT2D eigenvalue weighted by Gasteiger charge is -2.13. The highest BCUT2D eigenvalue weighted by Gasteiger charge is 2.27. The summed E-state index contributed by atoms with van der Waals surface area (Å²) in [6.07, 6.45) is -3.30. The standard InChI is InChI=1S/C12H13F3N2.ClH/c13-12(14,15)5-3-10(16)9-2-1-8-4-6-17-11(8)7-9;/h1-2,4,6-7,10,17H,3,5,16H2;1H/t10-;/m1./s1. The second kappa shape index (κ2) is 5.63. The zero-order valence-electron chi connectivity index (χ0n) is 9.50. The van der Waals surface area contributed by atoms with Crippen LogP contribution in [0.2, 0.25) is 0 Å². The lowest BCUT2D eigenvalue weighted by molar-refractivity contribution is -0.136. The Kier molecular flexibility index (Phi) is 4.65. The van der Waals surface area contributed by atoms with Crippen LogP contribution >= 0.6 is 12.4 Å². The molecule has 6 heteroatoms. The zero-order chi connectivity index (χ0) is 12.5. The van der Waals surface area contributed by atoms with Gasteiger partial charge in [-0.3, -0.25) is 0 Å². The number of alkyl halides is 3. The highest BCUT2D eigenvalue weighted by Crippen LogP contribution is 2.27. The number of H-pyrrole nitrogens is 1. The molecule has 0 aliphatic rings. The van der Waals surface area contributed by atoms with Crippen LogP contribution in [0.4, 0.5) is 13.2 Å². The van der Waals surface area contributed by atoms with Gasteiger partial charge in [0.15, 0.2) is 0 Å². The van der Waals surface area contributed by atoms with Crippen LogP contribution in [0.3, 0.4) is 0 Å². The summed E-state index contributed by atoms with van der Waals surface area (Å²) in [4.78, 5) is 3.01. The minimum absolute atomic E-state index is 0. The molecule has 0 unspecified atom stereocenters. The topological polar surface area (TPSA) is 41.8 Å². The van der Waals surface area contributed by atoms with Gasteiger partial charge in [-0.15, -0.1) is 12.4 Å². The summed E-state index contributed by atoms with van der Waals surface area (Å²) in [5.74, 6) is 0. The van der Waals surface area contributed by atoms with Crippen molar-refractivity contribution >= 4 is 23.3 Å². The van der Waals surface area contributed by atoms with Gasteiger partial charge >= 0.3 is 6.18 Å². The quantitative estimate of drug-likeness (QED) is 0.877. The first-order chi connectivity index (χ1) is 7.96. The Balaban J connectivity index is 0.00000162. The summed E-state index contributed by atoms with van der Waals surface area (Å²) in [5, 5.41) is 1.02. The number of rotatable bonds is 3. The van der Waals surface area contributed by atoms with Crippen LogP contribution < -0.4 is 5.73 Å². The Bertz CT molecular complexity index is 507.